The summed E-state index contributed by atoms with van der Waals surface area (Å²) in [4.78, 5) is 27.6. The molecule has 1 aliphatic heterocycles. The molecule has 9 nitrogen and oxygen atoms in total. The fourth-order valence-corrected chi connectivity index (χ4v) is 4.92. The van der Waals surface area contributed by atoms with E-state index in [1.54, 1.807) is 32.0 Å². The van der Waals surface area contributed by atoms with Crippen molar-refractivity contribution < 1.29 is 27.5 Å². The Kier molecular flexibility index (Phi) is 9.01. The molecule has 1 atom stereocenters. The van der Waals surface area contributed by atoms with Gasteiger partial charge >= 0.3 is 0 Å². The Labute approximate surface area is 214 Å². The van der Waals surface area contributed by atoms with Crippen molar-refractivity contribution in [1.29, 1.82) is 0 Å². The van der Waals surface area contributed by atoms with Crippen LogP contribution in [-0.4, -0.2) is 63.2 Å². The van der Waals surface area contributed by atoms with E-state index in [2.05, 4.69) is 21.2 Å². The minimum Gasteiger partial charge on any atom is -0.486 e. The Balaban J connectivity index is 1.94. The van der Waals surface area contributed by atoms with E-state index >= 15 is 0 Å². The van der Waals surface area contributed by atoms with Crippen LogP contribution in [0.2, 0.25) is 0 Å². The maximum Gasteiger partial charge on any atom is 0.244 e. The standard InChI is InChI=1S/C24H30BrN3O6S/c1-4-26-24(30)17(3)27(15-18-6-8-19(25)9-7-18)23(29)16-28(35(31,32)5-2)20-10-11-21-22(14-20)34-13-12-33-21/h6-11,14,17H,4-5,12-13,15-16H2,1-3H3,(H,26,30)/t17-/m1/s1. The van der Waals surface area contributed by atoms with Gasteiger partial charge in [0, 0.05) is 23.6 Å². The molecule has 0 bridgehead atoms. The molecule has 11 heteroatoms. The number of nitrogens with zero attached hydrogens (tertiary/aromatic N) is 2. The van der Waals surface area contributed by atoms with Crippen LogP contribution in [-0.2, 0) is 26.2 Å². The van der Waals surface area contributed by atoms with Crippen molar-refractivity contribution in [2.75, 3.05) is 36.4 Å². The van der Waals surface area contributed by atoms with Gasteiger partial charge in [0.25, 0.3) is 0 Å². The quantitative estimate of drug-likeness (QED) is 0.473. The Hall–Kier alpha value is -2.79. The number of hydrogen-bond acceptors (Lipinski definition) is 6. The van der Waals surface area contributed by atoms with Crippen LogP contribution in [0, 0.1) is 0 Å². The number of ether oxygens (including phenoxy) is 2. The summed E-state index contributed by atoms with van der Waals surface area (Å²) >= 11 is 3.39. The third-order valence-corrected chi connectivity index (χ3v) is 7.85. The lowest BCUT2D eigenvalue weighted by Gasteiger charge is -2.32. The molecule has 0 fully saturated rings. The normalized spacial score (nSPS) is 13.6. The van der Waals surface area contributed by atoms with Crippen LogP contribution in [0.1, 0.15) is 26.3 Å². The van der Waals surface area contributed by atoms with Gasteiger partial charge in [0.15, 0.2) is 11.5 Å². The van der Waals surface area contributed by atoms with E-state index in [0.29, 0.717) is 36.9 Å². The van der Waals surface area contributed by atoms with Gasteiger partial charge in [-0.3, -0.25) is 13.9 Å². The minimum absolute atomic E-state index is 0.144. The number of sulfonamides is 1. The number of hydrogen-bond donors (Lipinski definition) is 1. The highest BCUT2D eigenvalue weighted by molar-refractivity contribution is 9.10. The molecular formula is C24H30BrN3O6S. The third-order valence-electron chi connectivity index (χ3n) is 5.58. The maximum atomic E-state index is 13.6. The van der Waals surface area contributed by atoms with Crippen molar-refractivity contribution in [2.24, 2.45) is 0 Å². The number of carbonyl (C=O) groups excluding carboxylic acids is 2. The summed E-state index contributed by atoms with van der Waals surface area (Å²) in [6.45, 7) is 5.79. The molecule has 1 aliphatic rings. The van der Waals surface area contributed by atoms with Gasteiger partial charge in [0.05, 0.1) is 11.4 Å². The first-order chi connectivity index (χ1) is 16.7. The first-order valence-corrected chi connectivity index (χ1v) is 13.8. The van der Waals surface area contributed by atoms with Gasteiger partial charge in [-0.1, -0.05) is 28.1 Å². The second kappa shape index (κ2) is 11.8. The van der Waals surface area contributed by atoms with E-state index in [4.69, 9.17) is 9.47 Å². The lowest BCUT2D eigenvalue weighted by molar-refractivity contribution is -0.139. The number of benzene rings is 2. The zero-order valence-corrected chi connectivity index (χ0v) is 22.4. The Morgan fingerprint density at radius 2 is 1.71 bits per heavy atom. The van der Waals surface area contributed by atoms with Gasteiger partial charge in [-0.05, 0) is 50.6 Å². The summed E-state index contributed by atoms with van der Waals surface area (Å²) in [5.74, 6) is -0.0876. The van der Waals surface area contributed by atoms with Gasteiger partial charge < -0.3 is 19.7 Å². The summed E-state index contributed by atoms with van der Waals surface area (Å²) in [7, 11) is -3.82. The smallest absolute Gasteiger partial charge is 0.244 e. The van der Waals surface area contributed by atoms with Crippen molar-refractivity contribution in [3.8, 4) is 11.5 Å². The molecule has 190 valence electrons. The molecule has 3 rings (SSSR count). The van der Waals surface area contributed by atoms with Crippen molar-refractivity contribution in [2.45, 2.75) is 33.4 Å². The van der Waals surface area contributed by atoms with Crippen molar-refractivity contribution >= 4 is 43.5 Å². The van der Waals surface area contributed by atoms with E-state index in [0.717, 1.165) is 14.3 Å². The van der Waals surface area contributed by atoms with E-state index in [-0.39, 0.29) is 18.2 Å². The molecule has 0 aromatic heterocycles. The average molecular weight is 568 g/mol. The summed E-state index contributed by atoms with van der Waals surface area (Å²) in [5, 5.41) is 2.73. The molecular weight excluding hydrogens is 538 g/mol. The lowest BCUT2D eigenvalue weighted by atomic mass is 10.1. The van der Waals surface area contributed by atoms with E-state index < -0.39 is 28.5 Å². The fourth-order valence-electron chi connectivity index (χ4n) is 3.60. The molecule has 35 heavy (non-hydrogen) atoms. The molecule has 0 aliphatic carbocycles. The number of halogens is 1. The van der Waals surface area contributed by atoms with Crippen molar-refractivity contribution in [3.63, 3.8) is 0 Å². The predicted octanol–water partition coefficient (Wildman–Crippen LogP) is 2.93. The number of anilines is 1. The van der Waals surface area contributed by atoms with Crippen LogP contribution in [0.5, 0.6) is 11.5 Å². The van der Waals surface area contributed by atoms with Crippen molar-refractivity contribution in [3.05, 3.63) is 52.5 Å². The molecule has 2 aromatic carbocycles. The van der Waals surface area contributed by atoms with E-state index in [9.17, 15) is 18.0 Å². The molecule has 0 saturated heterocycles. The first kappa shape index (κ1) is 26.8. The van der Waals surface area contributed by atoms with Crippen LogP contribution >= 0.6 is 15.9 Å². The van der Waals surface area contributed by atoms with Gasteiger partial charge in [0.1, 0.15) is 25.8 Å². The highest BCUT2D eigenvalue weighted by atomic mass is 79.9. The highest BCUT2D eigenvalue weighted by Gasteiger charge is 2.31. The predicted molar refractivity (Wildman–Crippen MR) is 137 cm³/mol. The number of rotatable bonds is 10. The van der Waals surface area contributed by atoms with Crippen LogP contribution in [0.15, 0.2) is 46.9 Å². The van der Waals surface area contributed by atoms with Gasteiger partial charge in [-0.2, -0.15) is 0 Å². The Morgan fingerprint density at radius 3 is 2.34 bits per heavy atom. The molecule has 0 unspecified atom stereocenters. The number of nitrogens with one attached hydrogen (secondary N) is 1. The molecule has 1 heterocycles. The fraction of sp³-hybridized carbons (Fsp3) is 0.417. The Morgan fingerprint density at radius 1 is 1.06 bits per heavy atom. The largest absolute Gasteiger partial charge is 0.486 e. The number of fused-ring (bicyclic) bond motifs is 1. The second-order valence-electron chi connectivity index (χ2n) is 7.95. The second-order valence-corrected chi connectivity index (χ2v) is 11.1. The monoisotopic (exact) mass is 567 g/mol. The minimum atomic E-state index is -3.82. The van der Waals surface area contributed by atoms with Crippen LogP contribution < -0.4 is 19.1 Å². The van der Waals surface area contributed by atoms with Gasteiger partial charge in [-0.25, -0.2) is 8.42 Å². The Bertz CT molecular complexity index is 1160. The van der Waals surface area contributed by atoms with E-state index in [1.165, 1.54) is 11.8 Å². The van der Waals surface area contributed by atoms with Crippen LogP contribution in [0.25, 0.3) is 0 Å². The average Bonchev–Trinajstić information content (AvgIpc) is 2.86. The van der Waals surface area contributed by atoms with Crippen molar-refractivity contribution in [1.82, 2.24) is 10.2 Å². The first-order valence-electron chi connectivity index (χ1n) is 11.4. The van der Waals surface area contributed by atoms with Crippen LogP contribution in [0.3, 0.4) is 0 Å². The third kappa shape index (κ3) is 6.66. The SMILES string of the molecule is CCNC(=O)[C@@H](C)N(Cc1ccc(Br)cc1)C(=O)CN(c1ccc2c(c1)OCCO2)S(=O)(=O)CC. The molecule has 1 N–H and O–H groups in total. The summed E-state index contributed by atoms with van der Waals surface area (Å²) in [6, 6.07) is 11.3. The maximum absolute atomic E-state index is 13.6. The zero-order chi connectivity index (χ0) is 25.6. The zero-order valence-electron chi connectivity index (χ0n) is 20.0. The van der Waals surface area contributed by atoms with E-state index in [1.807, 2.05) is 24.3 Å². The number of amides is 2. The highest BCUT2D eigenvalue weighted by Crippen LogP contribution is 2.35. The number of likely N-dealkylation sites (N-methyl/N-ethyl adjacent to an activating group) is 1. The molecule has 0 spiro atoms. The van der Waals surface area contributed by atoms with Gasteiger partial charge in [0.2, 0.25) is 21.8 Å². The van der Waals surface area contributed by atoms with Crippen LogP contribution in [0.4, 0.5) is 5.69 Å². The summed E-state index contributed by atoms with van der Waals surface area (Å²) < 4.78 is 39.1. The molecule has 2 aromatic rings. The molecule has 2 amide bonds. The summed E-state index contributed by atoms with van der Waals surface area (Å²) in [6.07, 6.45) is 0. The molecule has 0 saturated carbocycles. The topological polar surface area (TPSA) is 105 Å². The summed E-state index contributed by atoms with van der Waals surface area (Å²) in [5.41, 5.74) is 1.10. The molecule has 0 radical (unpaired) electrons. The number of carbonyl (C=O) groups is 2. The lowest BCUT2D eigenvalue weighted by Crippen LogP contribution is -2.51. The van der Waals surface area contributed by atoms with Gasteiger partial charge in [-0.15, -0.1) is 0 Å².